The van der Waals surface area contributed by atoms with Crippen molar-refractivity contribution in [3.05, 3.63) is 11.6 Å². The molecule has 0 aromatic carbocycles. The maximum absolute atomic E-state index is 11.0. The second-order valence-corrected chi connectivity index (χ2v) is 9.16. The SMILES string of the molecule is C#C[C@@]1(O)CC[C@@H]2[C@@H]3CC=C4C[C@@H](O)CC[C@@]4(C)[C@H]3CC[C@]21C. The van der Waals surface area contributed by atoms with Gasteiger partial charge in [0.25, 0.3) is 0 Å². The molecule has 0 aromatic rings. The van der Waals surface area contributed by atoms with E-state index in [-0.39, 0.29) is 16.9 Å². The Bertz CT molecular complexity index is 587. The van der Waals surface area contributed by atoms with Gasteiger partial charge in [0, 0.05) is 5.41 Å². The standard InChI is InChI=1S/C21H30O2/c1-4-21(23)12-9-18-16-6-5-14-13-15(22)7-10-19(14,2)17(16)8-11-20(18,21)3/h1,5,15-18,22-23H,6-13H2,2-3H3/t15-,16+,17-,18+,19+,20+,21+/m0/s1. The smallest absolute Gasteiger partial charge is 0.130 e. The van der Waals surface area contributed by atoms with Crippen LogP contribution in [0.1, 0.15) is 65.2 Å². The first-order valence-corrected chi connectivity index (χ1v) is 9.42. The van der Waals surface area contributed by atoms with E-state index in [9.17, 15) is 10.2 Å². The first kappa shape index (κ1) is 15.7. The van der Waals surface area contributed by atoms with Gasteiger partial charge in [-0.05, 0) is 74.5 Å². The number of hydrogen-bond acceptors (Lipinski definition) is 2. The van der Waals surface area contributed by atoms with Gasteiger partial charge in [0.15, 0.2) is 0 Å². The van der Waals surface area contributed by atoms with Gasteiger partial charge in [-0.1, -0.05) is 31.4 Å². The minimum absolute atomic E-state index is 0.112. The molecule has 2 heteroatoms. The fourth-order valence-corrected chi connectivity index (χ4v) is 6.89. The molecule has 0 bridgehead atoms. The molecule has 2 N–H and O–H groups in total. The fourth-order valence-electron chi connectivity index (χ4n) is 6.89. The summed E-state index contributed by atoms with van der Waals surface area (Å²) in [6, 6.07) is 0. The first-order chi connectivity index (χ1) is 10.8. The van der Waals surface area contributed by atoms with E-state index in [1.165, 1.54) is 12.0 Å². The molecule has 0 aliphatic heterocycles. The Labute approximate surface area is 140 Å². The number of fused-ring (bicyclic) bond motifs is 5. The van der Waals surface area contributed by atoms with Gasteiger partial charge in [0.1, 0.15) is 5.60 Å². The van der Waals surface area contributed by atoms with Crippen molar-refractivity contribution in [2.45, 2.75) is 76.9 Å². The Hall–Kier alpha value is -0.780. The molecule has 7 atom stereocenters. The second-order valence-electron chi connectivity index (χ2n) is 9.16. The number of rotatable bonds is 0. The Morgan fingerprint density at radius 1 is 1.13 bits per heavy atom. The molecule has 4 aliphatic carbocycles. The van der Waals surface area contributed by atoms with Gasteiger partial charge in [0.05, 0.1) is 6.10 Å². The quantitative estimate of drug-likeness (QED) is 0.529. The highest BCUT2D eigenvalue weighted by Crippen LogP contribution is 2.66. The van der Waals surface area contributed by atoms with Crippen LogP contribution in [-0.4, -0.2) is 21.9 Å². The lowest BCUT2D eigenvalue weighted by molar-refractivity contribution is -0.0969. The van der Waals surface area contributed by atoms with Crippen LogP contribution in [0.25, 0.3) is 0 Å². The van der Waals surface area contributed by atoms with Gasteiger partial charge in [-0.25, -0.2) is 0 Å². The van der Waals surface area contributed by atoms with Crippen molar-refractivity contribution < 1.29 is 10.2 Å². The monoisotopic (exact) mass is 314 g/mol. The number of terminal acetylenes is 1. The lowest BCUT2D eigenvalue weighted by atomic mass is 9.47. The van der Waals surface area contributed by atoms with Crippen LogP contribution in [0.5, 0.6) is 0 Å². The van der Waals surface area contributed by atoms with Gasteiger partial charge in [0.2, 0.25) is 0 Å². The number of allylic oxidation sites excluding steroid dienone is 1. The van der Waals surface area contributed by atoms with E-state index >= 15 is 0 Å². The third-order valence-electron chi connectivity index (χ3n) is 8.47. The van der Waals surface area contributed by atoms with Crippen LogP contribution in [-0.2, 0) is 0 Å². The van der Waals surface area contributed by atoms with Gasteiger partial charge in [-0.15, -0.1) is 6.42 Å². The molecule has 3 saturated carbocycles. The third-order valence-corrected chi connectivity index (χ3v) is 8.47. The summed E-state index contributed by atoms with van der Waals surface area (Å²) in [4.78, 5) is 0. The lowest BCUT2D eigenvalue weighted by Crippen LogP contribution is -2.54. The number of aliphatic hydroxyl groups excluding tert-OH is 1. The van der Waals surface area contributed by atoms with E-state index in [1.807, 2.05) is 0 Å². The topological polar surface area (TPSA) is 40.5 Å². The van der Waals surface area contributed by atoms with Crippen LogP contribution >= 0.6 is 0 Å². The minimum atomic E-state index is -0.906. The van der Waals surface area contributed by atoms with E-state index in [1.54, 1.807) is 0 Å². The van der Waals surface area contributed by atoms with Crippen LogP contribution in [0.3, 0.4) is 0 Å². The van der Waals surface area contributed by atoms with E-state index in [4.69, 9.17) is 6.42 Å². The molecular formula is C21H30O2. The summed E-state index contributed by atoms with van der Waals surface area (Å²) in [7, 11) is 0. The molecule has 4 rings (SSSR count). The van der Waals surface area contributed by atoms with Crippen LogP contribution in [0, 0.1) is 40.9 Å². The fraction of sp³-hybridized carbons (Fsp3) is 0.810. The molecule has 0 unspecified atom stereocenters. The largest absolute Gasteiger partial charge is 0.393 e. The van der Waals surface area contributed by atoms with Crippen molar-refractivity contribution in [1.82, 2.24) is 0 Å². The highest BCUT2D eigenvalue weighted by atomic mass is 16.3. The van der Waals surface area contributed by atoms with E-state index in [2.05, 4.69) is 25.8 Å². The molecule has 126 valence electrons. The maximum atomic E-state index is 11.0. The van der Waals surface area contributed by atoms with Crippen LogP contribution in [0.4, 0.5) is 0 Å². The molecule has 3 fully saturated rings. The van der Waals surface area contributed by atoms with Crippen LogP contribution in [0.2, 0.25) is 0 Å². The summed E-state index contributed by atoms with van der Waals surface area (Å²) in [5.74, 6) is 4.65. The Morgan fingerprint density at radius 2 is 1.87 bits per heavy atom. The molecule has 0 aromatic heterocycles. The molecule has 0 radical (unpaired) electrons. The van der Waals surface area contributed by atoms with Crippen molar-refractivity contribution in [2.24, 2.45) is 28.6 Å². The third kappa shape index (κ3) is 1.90. The molecule has 0 amide bonds. The molecule has 0 spiro atoms. The minimum Gasteiger partial charge on any atom is -0.393 e. The Morgan fingerprint density at radius 3 is 2.61 bits per heavy atom. The second kappa shape index (κ2) is 4.87. The zero-order chi connectivity index (χ0) is 16.5. The molecule has 0 saturated heterocycles. The molecule has 4 aliphatic rings. The van der Waals surface area contributed by atoms with Crippen LogP contribution < -0.4 is 0 Å². The van der Waals surface area contributed by atoms with Crippen molar-refractivity contribution in [3.63, 3.8) is 0 Å². The summed E-state index contributed by atoms with van der Waals surface area (Å²) in [6.45, 7) is 4.68. The maximum Gasteiger partial charge on any atom is 0.130 e. The summed E-state index contributed by atoms with van der Waals surface area (Å²) < 4.78 is 0. The zero-order valence-corrected chi connectivity index (χ0v) is 14.5. The predicted octanol–water partition coefficient (Wildman–Crippen LogP) is 3.67. The van der Waals surface area contributed by atoms with Crippen molar-refractivity contribution in [1.29, 1.82) is 0 Å². The van der Waals surface area contributed by atoms with Gasteiger partial charge >= 0.3 is 0 Å². The lowest BCUT2D eigenvalue weighted by Gasteiger charge is -2.58. The molecular weight excluding hydrogens is 284 g/mol. The number of aliphatic hydroxyl groups is 2. The zero-order valence-electron chi connectivity index (χ0n) is 14.5. The average Bonchev–Trinajstić information content (AvgIpc) is 2.80. The number of hydrogen-bond donors (Lipinski definition) is 2. The van der Waals surface area contributed by atoms with E-state index < -0.39 is 5.60 Å². The molecule has 23 heavy (non-hydrogen) atoms. The van der Waals surface area contributed by atoms with E-state index in [0.29, 0.717) is 17.8 Å². The average molecular weight is 314 g/mol. The first-order valence-electron chi connectivity index (χ1n) is 9.42. The molecule has 0 heterocycles. The Kier molecular flexibility index (Phi) is 3.33. The van der Waals surface area contributed by atoms with Crippen LogP contribution in [0.15, 0.2) is 11.6 Å². The summed E-state index contributed by atoms with van der Waals surface area (Å²) in [6.07, 6.45) is 16.1. The highest BCUT2D eigenvalue weighted by Gasteiger charge is 2.63. The van der Waals surface area contributed by atoms with Gasteiger partial charge in [-0.3, -0.25) is 0 Å². The summed E-state index contributed by atoms with van der Waals surface area (Å²) in [5.41, 5.74) is 0.751. The van der Waals surface area contributed by atoms with E-state index in [0.717, 1.165) is 44.9 Å². The van der Waals surface area contributed by atoms with Crippen molar-refractivity contribution >= 4 is 0 Å². The van der Waals surface area contributed by atoms with Gasteiger partial charge in [-0.2, -0.15) is 0 Å². The highest BCUT2D eigenvalue weighted by molar-refractivity contribution is 5.28. The summed E-state index contributed by atoms with van der Waals surface area (Å²) >= 11 is 0. The normalized spacial score (nSPS) is 55.2. The van der Waals surface area contributed by atoms with Crippen molar-refractivity contribution in [3.8, 4) is 12.3 Å². The Balaban J connectivity index is 1.69. The predicted molar refractivity (Wildman–Crippen MR) is 91.5 cm³/mol. The summed E-state index contributed by atoms with van der Waals surface area (Å²) in [5, 5.41) is 21.0. The van der Waals surface area contributed by atoms with Gasteiger partial charge < -0.3 is 10.2 Å². The molecule has 2 nitrogen and oxygen atoms in total. The van der Waals surface area contributed by atoms with Crippen molar-refractivity contribution in [2.75, 3.05) is 0 Å².